The first kappa shape index (κ1) is 16.1. The first-order valence-electron chi connectivity index (χ1n) is 8.10. The Hall–Kier alpha value is -1.75. The third-order valence-corrected chi connectivity index (χ3v) is 5.40. The molecule has 3 rings (SSSR count). The van der Waals surface area contributed by atoms with Crippen molar-refractivity contribution in [1.29, 1.82) is 0 Å². The highest BCUT2D eigenvalue weighted by atomic mass is 32.2. The number of amides is 1. The summed E-state index contributed by atoms with van der Waals surface area (Å²) in [5, 5.41) is 7.75. The Morgan fingerprint density at radius 1 is 1.43 bits per heavy atom. The van der Waals surface area contributed by atoms with Crippen LogP contribution in [0.4, 0.5) is 0 Å². The summed E-state index contributed by atoms with van der Waals surface area (Å²) in [6.45, 7) is 2.74. The molecule has 2 unspecified atom stereocenters. The van der Waals surface area contributed by atoms with Crippen LogP contribution in [-0.4, -0.2) is 27.2 Å². The average Bonchev–Trinajstić information content (AvgIpc) is 2.99. The van der Waals surface area contributed by atoms with E-state index in [2.05, 4.69) is 39.4 Å². The van der Waals surface area contributed by atoms with Gasteiger partial charge in [0.05, 0.1) is 24.0 Å². The summed E-state index contributed by atoms with van der Waals surface area (Å²) < 4.78 is 2.08. The van der Waals surface area contributed by atoms with Crippen molar-refractivity contribution in [2.75, 3.05) is 6.26 Å². The number of nitrogens with one attached hydrogen (secondary N) is 1. The van der Waals surface area contributed by atoms with Crippen LogP contribution >= 0.6 is 11.8 Å². The summed E-state index contributed by atoms with van der Waals surface area (Å²) in [6, 6.07) is 10.5. The summed E-state index contributed by atoms with van der Waals surface area (Å²) >= 11 is 1.58. The minimum Gasteiger partial charge on any atom is -0.348 e. The molecule has 1 aliphatic rings. The molecule has 1 N–H and O–H groups in total. The second-order valence-corrected chi connectivity index (χ2v) is 7.20. The highest BCUT2D eigenvalue weighted by molar-refractivity contribution is 7.99. The van der Waals surface area contributed by atoms with Crippen LogP contribution in [0, 0.1) is 0 Å². The first-order chi connectivity index (χ1) is 11.2. The van der Waals surface area contributed by atoms with Gasteiger partial charge < -0.3 is 5.32 Å². The Balaban J connectivity index is 1.77. The molecule has 0 saturated carbocycles. The monoisotopic (exact) mass is 329 g/mol. The van der Waals surface area contributed by atoms with Crippen LogP contribution in [0.2, 0.25) is 0 Å². The van der Waals surface area contributed by atoms with Crippen molar-refractivity contribution in [2.24, 2.45) is 0 Å². The van der Waals surface area contributed by atoms with Gasteiger partial charge in [0.25, 0.3) is 0 Å². The maximum absolute atomic E-state index is 12.2. The molecule has 2 aromatic rings. The fourth-order valence-electron chi connectivity index (χ4n) is 3.06. The van der Waals surface area contributed by atoms with Gasteiger partial charge in [0, 0.05) is 11.3 Å². The van der Waals surface area contributed by atoms with Gasteiger partial charge in [-0.15, -0.1) is 0 Å². The number of hydrogen-bond donors (Lipinski definition) is 1. The van der Waals surface area contributed by atoms with E-state index in [0.717, 1.165) is 25.8 Å². The van der Waals surface area contributed by atoms with Crippen molar-refractivity contribution in [3.8, 4) is 0 Å². The number of hydrogen-bond acceptors (Lipinski definition) is 3. The summed E-state index contributed by atoms with van der Waals surface area (Å²) in [6.07, 6.45) is 7.02. The number of carbonyl (C=O) groups is 1. The van der Waals surface area contributed by atoms with Crippen LogP contribution < -0.4 is 5.32 Å². The van der Waals surface area contributed by atoms with Gasteiger partial charge in [-0.2, -0.15) is 16.9 Å². The minimum absolute atomic E-state index is 0.0141. The number of thioether (sulfide) groups is 1. The van der Waals surface area contributed by atoms with Gasteiger partial charge >= 0.3 is 0 Å². The van der Waals surface area contributed by atoms with Crippen molar-refractivity contribution >= 4 is 17.7 Å². The number of fused-ring (bicyclic) bond motifs is 1. The van der Waals surface area contributed by atoms with Crippen molar-refractivity contribution in [3.05, 3.63) is 53.3 Å². The lowest BCUT2D eigenvalue weighted by Gasteiger charge is -2.25. The molecule has 0 bridgehead atoms. The van der Waals surface area contributed by atoms with Gasteiger partial charge in [-0.25, -0.2) is 0 Å². The van der Waals surface area contributed by atoms with E-state index in [1.165, 1.54) is 16.8 Å². The molecular formula is C18H23N3OS. The molecule has 0 spiro atoms. The number of aromatic nitrogens is 2. The predicted molar refractivity (Wildman–Crippen MR) is 94.6 cm³/mol. The molecule has 1 heterocycles. The summed E-state index contributed by atoms with van der Waals surface area (Å²) in [4.78, 5) is 12.2. The van der Waals surface area contributed by atoms with Crippen LogP contribution in [0.1, 0.15) is 42.6 Å². The molecule has 2 atom stereocenters. The molecule has 5 heteroatoms. The SMILES string of the molecule is CSC(C)C(=O)NC1CCCc2c1cnn2Cc1ccccc1. The van der Waals surface area contributed by atoms with Crippen molar-refractivity contribution < 1.29 is 4.79 Å². The fourth-order valence-corrected chi connectivity index (χ4v) is 3.34. The van der Waals surface area contributed by atoms with E-state index < -0.39 is 0 Å². The Morgan fingerprint density at radius 2 is 2.22 bits per heavy atom. The summed E-state index contributed by atoms with van der Waals surface area (Å²) in [5.41, 5.74) is 3.71. The van der Waals surface area contributed by atoms with Gasteiger partial charge in [-0.05, 0) is 38.0 Å². The van der Waals surface area contributed by atoms with Crippen molar-refractivity contribution in [1.82, 2.24) is 15.1 Å². The lowest BCUT2D eigenvalue weighted by molar-refractivity contribution is -0.121. The Bertz CT molecular complexity index is 668. The Labute approximate surface area is 141 Å². The molecule has 4 nitrogen and oxygen atoms in total. The largest absolute Gasteiger partial charge is 0.348 e. The highest BCUT2D eigenvalue weighted by Crippen LogP contribution is 2.30. The van der Waals surface area contributed by atoms with Crippen molar-refractivity contribution in [3.63, 3.8) is 0 Å². The number of nitrogens with zero attached hydrogens (tertiary/aromatic N) is 2. The predicted octanol–water partition coefficient (Wildman–Crippen LogP) is 3.18. The zero-order valence-corrected chi connectivity index (χ0v) is 14.5. The molecule has 1 aromatic carbocycles. The molecule has 122 valence electrons. The van der Waals surface area contributed by atoms with Gasteiger partial charge in [-0.3, -0.25) is 9.48 Å². The van der Waals surface area contributed by atoms with Gasteiger partial charge in [0.15, 0.2) is 0 Å². The molecule has 1 aliphatic carbocycles. The fraction of sp³-hybridized carbons (Fsp3) is 0.444. The highest BCUT2D eigenvalue weighted by Gasteiger charge is 2.26. The lowest BCUT2D eigenvalue weighted by Crippen LogP contribution is -2.35. The maximum Gasteiger partial charge on any atom is 0.233 e. The Morgan fingerprint density at radius 3 is 2.96 bits per heavy atom. The van der Waals surface area contributed by atoms with Crippen LogP contribution in [0.25, 0.3) is 0 Å². The molecule has 1 aromatic heterocycles. The van der Waals surface area contributed by atoms with Crippen LogP contribution in [-0.2, 0) is 17.8 Å². The number of rotatable bonds is 5. The third-order valence-electron chi connectivity index (χ3n) is 4.48. The maximum atomic E-state index is 12.2. The molecular weight excluding hydrogens is 306 g/mol. The third kappa shape index (κ3) is 3.61. The number of carbonyl (C=O) groups excluding carboxylic acids is 1. The van der Waals surface area contributed by atoms with E-state index in [9.17, 15) is 4.79 Å². The van der Waals surface area contributed by atoms with Gasteiger partial charge in [0.1, 0.15) is 0 Å². The molecule has 0 fully saturated rings. The Kier molecular flexibility index (Phi) is 5.06. The molecule has 1 amide bonds. The molecule has 0 aliphatic heterocycles. The van der Waals surface area contributed by atoms with Crippen LogP contribution in [0.15, 0.2) is 36.5 Å². The summed E-state index contributed by atoms with van der Waals surface area (Å²) in [7, 11) is 0. The zero-order valence-electron chi connectivity index (χ0n) is 13.7. The second kappa shape index (κ2) is 7.21. The second-order valence-electron chi connectivity index (χ2n) is 6.02. The topological polar surface area (TPSA) is 46.9 Å². The number of benzene rings is 1. The normalized spacial score (nSPS) is 18.3. The van der Waals surface area contributed by atoms with E-state index in [-0.39, 0.29) is 17.2 Å². The van der Waals surface area contributed by atoms with Gasteiger partial charge in [0.2, 0.25) is 5.91 Å². The van der Waals surface area contributed by atoms with Gasteiger partial charge in [-0.1, -0.05) is 30.3 Å². The van der Waals surface area contributed by atoms with Crippen molar-refractivity contribution in [2.45, 2.75) is 44.0 Å². The average molecular weight is 329 g/mol. The van der Waals surface area contributed by atoms with E-state index in [0.29, 0.717) is 0 Å². The first-order valence-corrected chi connectivity index (χ1v) is 9.39. The standard InChI is InChI=1S/C18H23N3OS/c1-13(23-2)18(22)20-16-9-6-10-17-15(16)11-19-21(17)12-14-7-4-3-5-8-14/h3-5,7-8,11,13,16H,6,9-10,12H2,1-2H3,(H,20,22). The van der Waals surface area contributed by atoms with Crippen LogP contribution in [0.3, 0.4) is 0 Å². The van der Waals surface area contributed by atoms with Crippen LogP contribution in [0.5, 0.6) is 0 Å². The smallest absolute Gasteiger partial charge is 0.233 e. The summed E-state index contributed by atoms with van der Waals surface area (Å²) in [5.74, 6) is 0.117. The molecule has 0 radical (unpaired) electrons. The minimum atomic E-state index is -0.0141. The lowest BCUT2D eigenvalue weighted by atomic mass is 9.93. The molecule has 0 saturated heterocycles. The molecule has 23 heavy (non-hydrogen) atoms. The quantitative estimate of drug-likeness (QED) is 0.916. The van der Waals surface area contributed by atoms with E-state index in [1.54, 1.807) is 11.8 Å². The van der Waals surface area contributed by atoms with E-state index >= 15 is 0 Å². The van der Waals surface area contributed by atoms with E-state index in [4.69, 9.17) is 0 Å². The van der Waals surface area contributed by atoms with E-state index in [1.807, 2.05) is 25.4 Å². The zero-order chi connectivity index (χ0) is 16.2.